The summed E-state index contributed by atoms with van der Waals surface area (Å²) in [5.41, 5.74) is 1.45. The lowest BCUT2D eigenvalue weighted by Crippen LogP contribution is -2.51. The molecule has 1 aromatic carbocycles. The van der Waals surface area contributed by atoms with Crippen LogP contribution in [0.2, 0.25) is 0 Å². The number of hydrogen-bond acceptors (Lipinski definition) is 4. The number of carboxylic acid groups (broad SMARTS) is 1. The summed E-state index contributed by atoms with van der Waals surface area (Å²) in [6.45, 7) is 2.79. The highest BCUT2D eigenvalue weighted by Gasteiger charge is 2.51. The molecule has 5 nitrogen and oxygen atoms in total. The fraction of sp³-hybridized carbons (Fsp3) is 0.667. The van der Waals surface area contributed by atoms with E-state index in [1.54, 1.807) is 12.1 Å². The molecule has 1 saturated heterocycles. The summed E-state index contributed by atoms with van der Waals surface area (Å²) in [5, 5.41) is 9.06. The van der Waals surface area contributed by atoms with Gasteiger partial charge in [-0.3, -0.25) is 4.90 Å². The molecule has 1 heterocycles. The van der Waals surface area contributed by atoms with Crippen LogP contribution in [0.5, 0.6) is 0 Å². The Kier molecular flexibility index (Phi) is 5.04. The second kappa shape index (κ2) is 7.29. The maximum atomic E-state index is 11.0. The highest BCUT2D eigenvalue weighted by Crippen LogP contribution is 2.44. The fourth-order valence-corrected chi connectivity index (χ4v) is 4.64. The molecule has 1 N–H and O–H groups in total. The minimum Gasteiger partial charge on any atom is -0.478 e. The van der Waals surface area contributed by atoms with Crippen molar-refractivity contribution in [2.24, 2.45) is 5.92 Å². The van der Waals surface area contributed by atoms with Gasteiger partial charge in [-0.1, -0.05) is 12.1 Å². The van der Waals surface area contributed by atoms with Gasteiger partial charge in [0.25, 0.3) is 0 Å². The number of hydrogen-bond donors (Lipinski definition) is 1. The van der Waals surface area contributed by atoms with Crippen LogP contribution in [-0.4, -0.2) is 54.0 Å². The lowest BCUT2D eigenvalue weighted by atomic mass is 9.79. The quantitative estimate of drug-likeness (QED) is 0.809. The zero-order valence-electron chi connectivity index (χ0n) is 15.5. The zero-order chi connectivity index (χ0) is 18.1. The molecule has 0 radical (unpaired) electrons. The number of methoxy groups -OCH3 is 1. The van der Waals surface area contributed by atoms with Crippen LogP contribution in [0.3, 0.4) is 0 Å². The van der Waals surface area contributed by atoms with Gasteiger partial charge in [-0.05, 0) is 62.1 Å². The fourth-order valence-electron chi connectivity index (χ4n) is 4.64. The number of carboxylic acids is 1. The van der Waals surface area contributed by atoms with E-state index in [2.05, 4.69) is 4.90 Å². The maximum absolute atomic E-state index is 11.0. The Balaban J connectivity index is 1.42. The molecule has 0 unspecified atom stereocenters. The summed E-state index contributed by atoms with van der Waals surface area (Å²) in [6.07, 6.45) is 7.27. The number of aromatic carboxylic acids is 1. The topological polar surface area (TPSA) is 59.0 Å². The van der Waals surface area contributed by atoms with Gasteiger partial charge in [-0.25, -0.2) is 4.79 Å². The van der Waals surface area contributed by atoms with Crippen LogP contribution in [0, 0.1) is 5.92 Å². The number of likely N-dealkylation sites (tertiary alicyclic amines) is 1. The number of benzene rings is 1. The minimum atomic E-state index is -0.876. The molecule has 0 aromatic heterocycles. The van der Waals surface area contributed by atoms with Crippen LogP contribution >= 0.6 is 0 Å². The summed E-state index contributed by atoms with van der Waals surface area (Å²) in [6, 6.07) is 7.63. The third-order valence-corrected chi connectivity index (χ3v) is 6.50. The molecule has 26 heavy (non-hydrogen) atoms. The average molecular weight is 359 g/mol. The SMILES string of the molecule is CO[C@@]12CC[C@@H](OCC3CC3)C[C@@H]1N(Cc1ccc(C(=O)O)cc1)CC2. The molecule has 4 rings (SSSR count). The molecule has 3 atom stereocenters. The molecule has 5 heteroatoms. The van der Waals surface area contributed by atoms with Gasteiger partial charge in [0.2, 0.25) is 0 Å². The molecule has 2 aliphatic carbocycles. The van der Waals surface area contributed by atoms with E-state index in [0.717, 1.165) is 56.9 Å². The number of nitrogens with zero attached hydrogens (tertiary/aromatic N) is 1. The maximum Gasteiger partial charge on any atom is 0.335 e. The summed E-state index contributed by atoms with van der Waals surface area (Å²) in [4.78, 5) is 13.5. The Morgan fingerprint density at radius 3 is 2.65 bits per heavy atom. The van der Waals surface area contributed by atoms with E-state index in [-0.39, 0.29) is 5.60 Å². The molecule has 1 aromatic rings. The highest BCUT2D eigenvalue weighted by molar-refractivity contribution is 5.87. The normalized spacial score (nSPS) is 31.7. The first-order valence-electron chi connectivity index (χ1n) is 9.83. The molecular formula is C21H29NO4. The predicted molar refractivity (Wildman–Crippen MR) is 98.3 cm³/mol. The Hall–Kier alpha value is -1.43. The first-order valence-corrected chi connectivity index (χ1v) is 9.83. The van der Waals surface area contributed by atoms with E-state index >= 15 is 0 Å². The molecule has 0 spiro atoms. The number of fused-ring (bicyclic) bond motifs is 1. The van der Waals surface area contributed by atoms with Gasteiger partial charge < -0.3 is 14.6 Å². The van der Waals surface area contributed by atoms with Crippen LogP contribution in [0.15, 0.2) is 24.3 Å². The summed E-state index contributed by atoms with van der Waals surface area (Å²) < 4.78 is 12.2. The molecule has 0 amide bonds. The van der Waals surface area contributed by atoms with Gasteiger partial charge in [0, 0.05) is 32.8 Å². The molecule has 0 bridgehead atoms. The van der Waals surface area contributed by atoms with E-state index < -0.39 is 5.97 Å². The lowest BCUT2D eigenvalue weighted by Gasteiger charge is -2.43. The van der Waals surface area contributed by atoms with Gasteiger partial charge in [-0.2, -0.15) is 0 Å². The third-order valence-electron chi connectivity index (χ3n) is 6.50. The van der Waals surface area contributed by atoms with Crippen LogP contribution < -0.4 is 0 Å². The van der Waals surface area contributed by atoms with Crippen molar-refractivity contribution in [3.63, 3.8) is 0 Å². The Morgan fingerprint density at radius 2 is 2.00 bits per heavy atom. The largest absolute Gasteiger partial charge is 0.478 e. The molecule has 2 saturated carbocycles. The third kappa shape index (κ3) is 3.66. The van der Waals surface area contributed by atoms with E-state index in [1.807, 2.05) is 19.2 Å². The van der Waals surface area contributed by atoms with Crippen LogP contribution in [0.25, 0.3) is 0 Å². The van der Waals surface area contributed by atoms with Gasteiger partial charge in [0.15, 0.2) is 0 Å². The number of carbonyl (C=O) groups is 1. The number of rotatable bonds is 7. The van der Waals surface area contributed by atoms with E-state index in [4.69, 9.17) is 14.6 Å². The molecule has 3 aliphatic rings. The van der Waals surface area contributed by atoms with Gasteiger partial charge in [0.05, 0.1) is 17.3 Å². The second-order valence-electron chi connectivity index (χ2n) is 8.18. The van der Waals surface area contributed by atoms with E-state index in [0.29, 0.717) is 17.7 Å². The van der Waals surface area contributed by atoms with Crippen molar-refractivity contribution in [2.45, 2.75) is 62.8 Å². The predicted octanol–water partition coefficient (Wildman–Crippen LogP) is 3.32. The van der Waals surface area contributed by atoms with Crippen molar-refractivity contribution >= 4 is 5.97 Å². The molecule has 3 fully saturated rings. The highest BCUT2D eigenvalue weighted by atomic mass is 16.5. The van der Waals surface area contributed by atoms with Crippen molar-refractivity contribution in [2.75, 3.05) is 20.3 Å². The first kappa shape index (κ1) is 18.0. The van der Waals surface area contributed by atoms with Crippen LogP contribution in [-0.2, 0) is 16.0 Å². The van der Waals surface area contributed by atoms with Crippen molar-refractivity contribution in [3.05, 3.63) is 35.4 Å². The summed E-state index contributed by atoms with van der Waals surface area (Å²) >= 11 is 0. The molecular weight excluding hydrogens is 330 g/mol. The zero-order valence-corrected chi connectivity index (χ0v) is 15.5. The Labute approximate surface area is 155 Å². The lowest BCUT2D eigenvalue weighted by molar-refractivity contribution is -0.103. The van der Waals surface area contributed by atoms with Crippen molar-refractivity contribution < 1.29 is 19.4 Å². The summed E-state index contributed by atoms with van der Waals surface area (Å²) in [5.74, 6) is -0.0735. The minimum absolute atomic E-state index is 0.0412. The van der Waals surface area contributed by atoms with E-state index in [9.17, 15) is 4.79 Å². The van der Waals surface area contributed by atoms with E-state index in [1.165, 1.54) is 12.8 Å². The standard InChI is InChI=1S/C21H29NO4/c1-25-21-9-8-18(26-14-16-2-3-16)12-19(21)22(11-10-21)13-15-4-6-17(7-5-15)20(23)24/h4-7,16,18-19H,2-3,8-14H2,1H3,(H,23,24)/t18-,19+,21-/m1/s1. The Morgan fingerprint density at radius 1 is 1.23 bits per heavy atom. The monoisotopic (exact) mass is 359 g/mol. The van der Waals surface area contributed by atoms with Gasteiger partial charge in [-0.15, -0.1) is 0 Å². The second-order valence-corrected chi connectivity index (χ2v) is 8.18. The molecule has 1 aliphatic heterocycles. The van der Waals surface area contributed by atoms with Crippen LogP contribution in [0.1, 0.15) is 54.4 Å². The van der Waals surface area contributed by atoms with Crippen molar-refractivity contribution in [1.29, 1.82) is 0 Å². The van der Waals surface area contributed by atoms with Gasteiger partial charge in [0.1, 0.15) is 0 Å². The number of ether oxygens (including phenoxy) is 2. The Bertz CT molecular complexity index is 642. The first-order chi connectivity index (χ1) is 12.6. The summed E-state index contributed by atoms with van der Waals surface area (Å²) in [7, 11) is 1.85. The molecule has 142 valence electrons. The van der Waals surface area contributed by atoms with Gasteiger partial charge >= 0.3 is 5.97 Å². The smallest absolute Gasteiger partial charge is 0.335 e. The van der Waals surface area contributed by atoms with Crippen LogP contribution in [0.4, 0.5) is 0 Å². The van der Waals surface area contributed by atoms with Crippen molar-refractivity contribution in [3.8, 4) is 0 Å². The average Bonchev–Trinajstić information content (AvgIpc) is 3.42. The van der Waals surface area contributed by atoms with Crippen molar-refractivity contribution in [1.82, 2.24) is 4.90 Å².